The number of nitrogens with zero attached hydrogens (tertiary/aromatic N) is 4. The summed E-state index contributed by atoms with van der Waals surface area (Å²) in [5.41, 5.74) is 1.24. The van der Waals surface area contributed by atoms with Crippen LogP contribution in [-0.2, 0) is 0 Å². The zero-order valence-electron chi connectivity index (χ0n) is 12.5. The van der Waals surface area contributed by atoms with Crippen molar-refractivity contribution in [3.63, 3.8) is 0 Å². The van der Waals surface area contributed by atoms with Gasteiger partial charge in [-0.2, -0.15) is 0 Å². The molecule has 1 aliphatic heterocycles. The molecule has 2 rings (SSSR count). The van der Waals surface area contributed by atoms with Gasteiger partial charge >= 0.3 is 0 Å². The second kappa shape index (κ2) is 6.19. The number of rotatable bonds is 4. The number of nitrogens with one attached hydrogen (secondary N) is 1. The summed E-state index contributed by atoms with van der Waals surface area (Å²) < 4.78 is 0. The second-order valence-corrected chi connectivity index (χ2v) is 5.43. The van der Waals surface area contributed by atoms with E-state index in [4.69, 9.17) is 0 Å². The highest BCUT2D eigenvalue weighted by Gasteiger charge is 2.22. The summed E-state index contributed by atoms with van der Waals surface area (Å²) >= 11 is 0. The molecule has 0 amide bonds. The van der Waals surface area contributed by atoms with E-state index >= 15 is 0 Å². The van der Waals surface area contributed by atoms with Crippen LogP contribution in [0.25, 0.3) is 0 Å². The van der Waals surface area contributed by atoms with E-state index in [9.17, 15) is 0 Å². The Labute approximate surface area is 116 Å². The highest BCUT2D eigenvalue weighted by molar-refractivity contribution is 5.60. The standard InChI is InChI=1S/C14H25N5/c1-5-15-13-12(11(2)3)14(17-10-16-13)19-8-6-18(4)7-9-19/h10-11H,5-9H2,1-4H3,(H,15,16,17). The van der Waals surface area contributed by atoms with Crippen LogP contribution in [0.5, 0.6) is 0 Å². The zero-order chi connectivity index (χ0) is 13.8. The number of hydrogen-bond acceptors (Lipinski definition) is 5. The maximum atomic E-state index is 4.55. The Hall–Kier alpha value is -1.36. The molecule has 1 saturated heterocycles. The zero-order valence-corrected chi connectivity index (χ0v) is 12.5. The number of piperazine rings is 1. The van der Waals surface area contributed by atoms with E-state index in [1.165, 1.54) is 5.56 Å². The molecule has 0 spiro atoms. The van der Waals surface area contributed by atoms with Gasteiger partial charge in [0.25, 0.3) is 0 Å². The Kier molecular flexibility index (Phi) is 4.58. The minimum absolute atomic E-state index is 0.421. The van der Waals surface area contributed by atoms with Crippen LogP contribution in [0.1, 0.15) is 32.3 Å². The molecule has 106 valence electrons. The lowest BCUT2D eigenvalue weighted by molar-refractivity contribution is 0.311. The Morgan fingerprint density at radius 2 is 1.89 bits per heavy atom. The predicted octanol–water partition coefficient (Wildman–Crippen LogP) is 1.78. The van der Waals surface area contributed by atoms with E-state index in [1.54, 1.807) is 6.33 Å². The van der Waals surface area contributed by atoms with Crippen LogP contribution in [0.2, 0.25) is 0 Å². The van der Waals surface area contributed by atoms with Crippen molar-refractivity contribution in [2.45, 2.75) is 26.7 Å². The van der Waals surface area contributed by atoms with Gasteiger partial charge in [-0.05, 0) is 19.9 Å². The van der Waals surface area contributed by atoms with E-state index < -0.39 is 0 Å². The average molecular weight is 263 g/mol. The average Bonchev–Trinajstić information content (AvgIpc) is 2.39. The molecule has 0 atom stereocenters. The third-order valence-electron chi connectivity index (χ3n) is 3.59. The van der Waals surface area contributed by atoms with E-state index in [0.717, 1.165) is 44.4 Å². The van der Waals surface area contributed by atoms with Gasteiger partial charge < -0.3 is 15.1 Å². The molecule has 0 aliphatic carbocycles. The van der Waals surface area contributed by atoms with Gasteiger partial charge in [-0.15, -0.1) is 0 Å². The first-order chi connectivity index (χ1) is 9.13. The van der Waals surface area contributed by atoms with Crippen LogP contribution in [0, 0.1) is 0 Å². The Morgan fingerprint density at radius 1 is 1.21 bits per heavy atom. The normalized spacial score (nSPS) is 17.0. The lowest BCUT2D eigenvalue weighted by atomic mass is 10.0. The Bertz CT molecular complexity index is 410. The topological polar surface area (TPSA) is 44.3 Å². The first-order valence-electron chi connectivity index (χ1n) is 7.15. The highest BCUT2D eigenvalue weighted by atomic mass is 15.3. The molecule has 1 fully saturated rings. The van der Waals surface area contributed by atoms with Crippen molar-refractivity contribution in [2.24, 2.45) is 0 Å². The van der Waals surface area contributed by atoms with E-state index in [-0.39, 0.29) is 0 Å². The van der Waals surface area contributed by atoms with Crippen molar-refractivity contribution < 1.29 is 0 Å². The summed E-state index contributed by atoms with van der Waals surface area (Å²) in [4.78, 5) is 13.7. The fourth-order valence-corrected chi connectivity index (χ4v) is 2.50. The van der Waals surface area contributed by atoms with Crippen molar-refractivity contribution in [3.05, 3.63) is 11.9 Å². The third-order valence-corrected chi connectivity index (χ3v) is 3.59. The maximum absolute atomic E-state index is 4.55. The van der Waals surface area contributed by atoms with Crippen molar-refractivity contribution in [2.75, 3.05) is 50.0 Å². The number of aromatic nitrogens is 2. The monoisotopic (exact) mass is 263 g/mol. The summed E-state index contributed by atoms with van der Waals surface area (Å²) in [7, 11) is 2.17. The lowest BCUT2D eigenvalue weighted by Crippen LogP contribution is -2.45. The molecule has 1 N–H and O–H groups in total. The van der Waals surface area contributed by atoms with Crippen LogP contribution >= 0.6 is 0 Å². The van der Waals surface area contributed by atoms with Crippen molar-refractivity contribution >= 4 is 11.6 Å². The quantitative estimate of drug-likeness (QED) is 0.897. The number of hydrogen-bond donors (Lipinski definition) is 1. The predicted molar refractivity (Wildman–Crippen MR) is 80.0 cm³/mol. The molecule has 0 saturated carbocycles. The molecule has 5 nitrogen and oxygen atoms in total. The van der Waals surface area contributed by atoms with Gasteiger partial charge in [0, 0.05) is 38.3 Å². The summed E-state index contributed by atoms with van der Waals surface area (Å²) in [6, 6.07) is 0. The number of anilines is 2. The minimum atomic E-state index is 0.421. The van der Waals surface area contributed by atoms with E-state index in [0.29, 0.717) is 5.92 Å². The summed E-state index contributed by atoms with van der Waals surface area (Å²) in [5.74, 6) is 2.51. The highest BCUT2D eigenvalue weighted by Crippen LogP contribution is 2.31. The smallest absolute Gasteiger partial charge is 0.137 e. The lowest BCUT2D eigenvalue weighted by Gasteiger charge is -2.35. The van der Waals surface area contributed by atoms with Gasteiger partial charge in [-0.25, -0.2) is 9.97 Å². The van der Waals surface area contributed by atoms with Gasteiger partial charge in [-0.3, -0.25) is 0 Å². The van der Waals surface area contributed by atoms with Crippen LogP contribution in [0.4, 0.5) is 11.6 Å². The molecular weight excluding hydrogens is 238 g/mol. The van der Waals surface area contributed by atoms with Crippen molar-refractivity contribution in [3.8, 4) is 0 Å². The minimum Gasteiger partial charge on any atom is -0.370 e. The van der Waals surface area contributed by atoms with Crippen molar-refractivity contribution in [1.82, 2.24) is 14.9 Å². The molecule has 0 radical (unpaired) electrons. The first kappa shape index (κ1) is 14.1. The van der Waals surface area contributed by atoms with Gasteiger partial charge in [0.2, 0.25) is 0 Å². The fourth-order valence-electron chi connectivity index (χ4n) is 2.50. The van der Waals surface area contributed by atoms with Crippen LogP contribution in [0.15, 0.2) is 6.33 Å². The van der Waals surface area contributed by atoms with Crippen LogP contribution in [0.3, 0.4) is 0 Å². The Balaban J connectivity index is 2.30. The summed E-state index contributed by atoms with van der Waals surface area (Å²) in [6.07, 6.45) is 1.68. The van der Waals surface area contributed by atoms with Crippen LogP contribution in [-0.4, -0.2) is 54.6 Å². The number of likely N-dealkylation sites (N-methyl/N-ethyl adjacent to an activating group) is 1. The molecule has 0 bridgehead atoms. The molecule has 2 heterocycles. The molecule has 1 aliphatic rings. The fraction of sp³-hybridized carbons (Fsp3) is 0.714. The van der Waals surface area contributed by atoms with Crippen LogP contribution < -0.4 is 10.2 Å². The maximum Gasteiger partial charge on any atom is 0.137 e. The SMILES string of the molecule is CCNc1ncnc(N2CCN(C)CC2)c1C(C)C. The summed E-state index contributed by atoms with van der Waals surface area (Å²) in [6.45, 7) is 11.7. The molecule has 19 heavy (non-hydrogen) atoms. The van der Waals surface area contributed by atoms with Gasteiger partial charge in [0.15, 0.2) is 0 Å². The molecule has 1 aromatic heterocycles. The van der Waals surface area contributed by atoms with E-state index in [1.807, 2.05) is 0 Å². The van der Waals surface area contributed by atoms with Gasteiger partial charge in [0.05, 0.1) is 0 Å². The first-order valence-corrected chi connectivity index (χ1v) is 7.15. The van der Waals surface area contributed by atoms with Gasteiger partial charge in [0.1, 0.15) is 18.0 Å². The van der Waals surface area contributed by atoms with Gasteiger partial charge in [-0.1, -0.05) is 13.8 Å². The molecular formula is C14H25N5. The molecule has 1 aromatic rings. The van der Waals surface area contributed by atoms with E-state index in [2.05, 4.69) is 52.9 Å². The Morgan fingerprint density at radius 3 is 2.47 bits per heavy atom. The largest absolute Gasteiger partial charge is 0.370 e. The third kappa shape index (κ3) is 3.15. The molecule has 0 aromatic carbocycles. The summed E-state index contributed by atoms with van der Waals surface area (Å²) in [5, 5.41) is 3.36. The molecule has 0 unspecified atom stereocenters. The molecule has 5 heteroatoms. The second-order valence-electron chi connectivity index (χ2n) is 5.43. The van der Waals surface area contributed by atoms with Crippen molar-refractivity contribution in [1.29, 1.82) is 0 Å².